The van der Waals surface area contributed by atoms with E-state index in [1.54, 1.807) is 0 Å². The molecule has 1 atom stereocenters. The molecule has 0 aromatic carbocycles. The lowest BCUT2D eigenvalue weighted by molar-refractivity contribution is 0.187. The van der Waals surface area contributed by atoms with Gasteiger partial charge in [0, 0.05) is 24.8 Å². The van der Waals surface area contributed by atoms with Crippen LogP contribution < -0.4 is 5.32 Å². The van der Waals surface area contributed by atoms with Crippen LogP contribution in [0.25, 0.3) is 0 Å². The molecule has 0 bridgehead atoms. The molecule has 1 aromatic heterocycles. The van der Waals surface area contributed by atoms with Crippen LogP contribution in [0.3, 0.4) is 0 Å². The summed E-state index contributed by atoms with van der Waals surface area (Å²) in [5.74, 6) is 1.82. The first-order valence-electron chi connectivity index (χ1n) is 7.37. The third kappa shape index (κ3) is 5.15. The number of hydrogen-bond donors (Lipinski definition) is 1. The van der Waals surface area contributed by atoms with Gasteiger partial charge in [-0.25, -0.2) is 9.97 Å². The Morgan fingerprint density at radius 2 is 2.05 bits per heavy atom. The van der Waals surface area contributed by atoms with Gasteiger partial charge in [0.1, 0.15) is 11.6 Å². The summed E-state index contributed by atoms with van der Waals surface area (Å²) in [6.45, 7) is 10.7. The molecule has 4 heteroatoms. The van der Waals surface area contributed by atoms with E-state index < -0.39 is 0 Å². The lowest BCUT2D eigenvalue weighted by Gasteiger charge is -2.27. The zero-order valence-electron chi connectivity index (χ0n) is 13.0. The zero-order chi connectivity index (χ0) is 14.3. The van der Waals surface area contributed by atoms with Gasteiger partial charge in [-0.05, 0) is 33.2 Å². The number of hydrogen-bond acceptors (Lipinski definition) is 4. The summed E-state index contributed by atoms with van der Waals surface area (Å²) >= 11 is 0. The quantitative estimate of drug-likeness (QED) is 0.782. The maximum atomic E-state index is 4.55. The van der Waals surface area contributed by atoms with Crippen LogP contribution in [0.1, 0.15) is 51.6 Å². The Morgan fingerprint density at radius 3 is 2.63 bits per heavy atom. The van der Waals surface area contributed by atoms with Gasteiger partial charge in [-0.2, -0.15) is 0 Å². The Kier molecular flexibility index (Phi) is 6.78. The van der Waals surface area contributed by atoms with Gasteiger partial charge in [-0.3, -0.25) is 4.90 Å². The van der Waals surface area contributed by atoms with Crippen molar-refractivity contribution < 1.29 is 0 Å². The lowest BCUT2D eigenvalue weighted by Crippen LogP contribution is -2.33. The van der Waals surface area contributed by atoms with Crippen LogP contribution in [0.5, 0.6) is 0 Å². The third-order valence-electron chi connectivity index (χ3n) is 3.51. The maximum absolute atomic E-state index is 4.55. The Labute approximate surface area is 117 Å². The van der Waals surface area contributed by atoms with Gasteiger partial charge in [-0.1, -0.05) is 20.3 Å². The van der Waals surface area contributed by atoms with E-state index in [1.165, 1.54) is 12.8 Å². The van der Waals surface area contributed by atoms with Crippen LogP contribution in [-0.4, -0.2) is 34.5 Å². The van der Waals surface area contributed by atoms with E-state index in [2.05, 4.69) is 41.0 Å². The van der Waals surface area contributed by atoms with E-state index in [4.69, 9.17) is 0 Å². The average Bonchev–Trinajstić information content (AvgIpc) is 2.41. The summed E-state index contributed by atoms with van der Waals surface area (Å²) in [7, 11) is 1.90. The number of aryl methyl sites for hydroxylation is 1. The highest BCUT2D eigenvalue weighted by Crippen LogP contribution is 2.12. The van der Waals surface area contributed by atoms with Gasteiger partial charge in [0.25, 0.3) is 0 Å². The van der Waals surface area contributed by atoms with Crippen molar-refractivity contribution in [2.45, 2.75) is 59.5 Å². The van der Waals surface area contributed by atoms with E-state index in [1.807, 2.05) is 20.0 Å². The highest BCUT2D eigenvalue weighted by molar-refractivity contribution is 5.34. The van der Waals surface area contributed by atoms with Crippen LogP contribution in [0.2, 0.25) is 0 Å². The summed E-state index contributed by atoms with van der Waals surface area (Å²) < 4.78 is 0. The number of nitrogens with zero attached hydrogens (tertiary/aromatic N) is 3. The normalized spacial score (nSPS) is 12.7. The summed E-state index contributed by atoms with van der Waals surface area (Å²) in [5.41, 5.74) is 1.02. The van der Waals surface area contributed by atoms with Crippen LogP contribution >= 0.6 is 0 Å². The molecule has 0 radical (unpaired) electrons. The maximum Gasteiger partial charge on any atom is 0.144 e. The van der Waals surface area contributed by atoms with Crippen molar-refractivity contribution in [3.8, 4) is 0 Å². The molecule has 0 saturated carbocycles. The standard InChI is InChI=1S/C15H28N4/c1-6-8-9-19(13(4)7-2)11-15-17-12(3)10-14(16-5)18-15/h10,13H,6-9,11H2,1-5H3,(H,16,17,18). The van der Waals surface area contributed by atoms with Crippen molar-refractivity contribution in [2.24, 2.45) is 0 Å². The van der Waals surface area contributed by atoms with E-state index >= 15 is 0 Å². The fraction of sp³-hybridized carbons (Fsp3) is 0.733. The molecule has 19 heavy (non-hydrogen) atoms. The van der Waals surface area contributed by atoms with E-state index in [9.17, 15) is 0 Å². The largest absolute Gasteiger partial charge is 0.373 e. The molecule has 0 aliphatic heterocycles. The fourth-order valence-electron chi connectivity index (χ4n) is 2.09. The summed E-state index contributed by atoms with van der Waals surface area (Å²) in [4.78, 5) is 11.6. The molecule has 1 rings (SSSR count). The fourth-order valence-corrected chi connectivity index (χ4v) is 2.09. The summed E-state index contributed by atoms with van der Waals surface area (Å²) in [5, 5.41) is 3.10. The Bertz CT molecular complexity index is 378. The van der Waals surface area contributed by atoms with Gasteiger partial charge in [0.05, 0.1) is 6.54 Å². The minimum absolute atomic E-state index is 0.577. The SMILES string of the molecule is CCCCN(Cc1nc(C)cc(NC)n1)C(C)CC. The molecule has 0 aliphatic rings. The number of unbranched alkanes of at least 4 members (excludes halogenated alkanes) is 1. The van der Waals surface area contributed by atoms with E-state index in [-0.39, 0.29) is 0 Å². The van der Waals surface area contributed by atoms with Gasteiger partial charge < -0.3 is 5.32 Å². The van der Waals surface area contributed by atoms with Crippen molar-refractivity contribution in [1.82, 2.24) is 14.9 Å². The predicted octanol–water partition coefficient (Wildman–Crippen LogP) is 3.23. The smallest absolute Gasteiger partial charge is 0.144 e. The van der Waals surface area contributed by atoms with E-state index in [0.29, 0.717) is 6.04 Å². The predicted molar refractivity (Wildman–Crippen MR) is 81.4 cm³/mol. The Hall–Kier alpha value is -1.16. The number of rotatable bonds is 8. The van der Waals surface area contributed by atoms with Crippen LogP contribution in [0.15, 0.2) is 6.07 Å². The minimum atomic E-state index is 0.577. The van der Waals surface area contributed by atoms with Crippen molar-refractivity contribution >= 4 is 5.82 Å². The molecule has 0 saturated heterocycles. The average molecular weight is 264 g/mol. The second kappa shape index (κ2) is 8.10. The zero-order valence-corrected chi connectivity index (χ0v) is 13.0. The lowest BCUT2D eigenvalue weighted by atomic mass is 10.2. The highest BCUT2D eigenvalue weighted by atomic mass is 15.2. The van der Waals surface area contributed by atoms with Gasteiger partial charge in [-0.15, -0.1) is 0 Å². The monoisotopic (exact) mass is 264 g/mol. The molecule has 1 N–H and O–H groups in total. The molecule has 4 nitrogen and oxygen atoms in total. The van der Waals surface area contributed by atoms with Crippen molar-refractivity contribution in [3.63, 3.8) is 0 Å². The first-order valence-corrected chi connectivity index (χ1v) is 7.37. The van der Waals surface area contributed by atoms with Crippen molar-refractivity contribution in [2.75, 3.05) is 18.9 Å². The van der Waals surface area contributed by atoms with Crippen molar-refractivity contribution in [3.05, 3.63) is 17.6 Å². The number of aromatic nitrogens is 2. The summed E-state index contributed by atoms with van der Waals surface area (Å²) in [6, 6.07) is 2.55. The van der Waals surface area contributed by atoms with Crippen LogP contribution in [-0.2, 0) is 6.54 Å². The van der Waals surface area contributed by atoms with Gasteiger partial charge in [0.15, 0.2) is 0 Å². The minimum Gasteiger partial charge on any atom is -0.373 e. The molecule has 1 aromatic rings. The third-order valence-corrected chi connectivity index (χ3v) is 3.51. The van der Waals surface area contributed by atoms with Crippen LogP contribution in [0.4, 0.5) is 5.82 Å². The van der Waals surface area contributed by atoms with Gasteiger partial charge >= 0.3 is 0 Å². The molecular weight excluding hydrogens is 236 g/mol. The molecule has 0 aliphatic carbocycles. The molecule has 0 spiro atoms. The Morgan fingerprint density at radius 1 is 1.32 bits per heavy atom. The molecule has 0 fully saturated rings. The molecule has 1 unspecified atom stereocenters. The first kappa shape index (κ1) is 15.9. The highest BCUT2D eigenvalue weighted by Gasteiger charge is 2.14. The summed E-state index contributed by atoms with van der Waals surface area (Å²) in [6.07, 6.45) is 3.62. The second-order valence-corrected chi connectivity index (χ2v) is 5.14. The second-order valence-electron chi connectivity index (χ2n) is 5.14. The molecule has 1 heterocycles. The Balaban J connectivity index is 2.79. The van der Waals surface area contributed by atoms with Crippen molar-refractivity contribution in [1.29, 1.82) is 0 Å². The first-order chi connectivity index (χ1) is 9.10. The van der Waals surface area contributed by atoms with E-state index in [0.717, 1.165) is 36.8 Å². The van der Waals surface area contributed by atoms with Crippen LogP contribution in [0, 0.1) is 6.92 Å². The number of anilines is 1. The molecule has 0 amide bonds. The molecular formula is C15H28N4. The number of nitrogens with one attached hydrogen (secondary N) is 1. The van der Waals surface area contributed by atoms with Gasteiger partial charge in [0.2, 0.25) is 0 Å². The topological polar surface area (TPSA) is 41.1 Å². The molecule has 108 valence electrons.